The molecular formula is C20H26N4O2. The molecule has 1 saturated carbocycles. The fourth-order valence-corrected chi connectivity index (χ4v) is 4.65. The van der Waals surface area contributed by atoms with Crippen molar-refractivity contribution in [2.45, 2.75) is 38.4 Å². The van der Waals surface area contributed by atoms with E-state index < -0.39 is 0 Å². The predicted octanol–water partition coefficient (Wildman–Crippen LogP) is 2.29. The lowest BCUT2D eigenvalue weighted by molar-refractivity contribution is 0.165. The van der Waals surface area contributed by atoms with E-state index in [0.29, 0.717) is 18.2 Å². The number of para-hydroxylation sites is 1. The van der Waals surface area contributed by atoms with Gasteiger partial charge >= 0.3 is 0 Å². The summed E-state index contributed by atoms with van der Waals surface area (Å²) in [5.41, 5.74) is 1.70. The summed E-state index contributed by atoms with van der Waals surface area (Å²) in [6.07, 6.45) is 7.77. The third kappa shape index (κ3) is 2.77. The average molecular weight is 354 g/mol. The van der Waals surface area contributed by atoms with E-state index in [1.54, 1.807) is 0 Å². The van der Waals surface area contributed by atoms with Crippen LogP contribution in [0.25, 0.3) is 0 Å². The number of hydrogen-bond acceptors (Lipinski definition) is 5. The number of rotatable bonds is 5. The van der Waals surface area contributed by atoms with Gasteiger partial charge in [0.1, 0.15) is 5.82 Å². The summed E-state index contributed by atoms with van der Waals surface area (Å²) in [4.78, 5) is 7.17. The van der Waals surface area contributed by atoms with Crippen LogP contribution < -0.4 is 14.8 Å². The molecule has 1 aliphatic carbocycles. The molecule has 1 spiro atoms. The molecule has 1 unspecified atom stereocenters. The Bertz CT molecular complexity index is 797. The van der Waals surface area contributed by atoms with E-state index in [4.69, 9.17) is 9.47 Å². The highest BCUT2D eigenvalue weighted by atomic mass is 16.7. The summed E-state index contributed by atoms with van der Waals surface area (Å²) >= 11 is 0. The molecule has 2 aromatic rings. The van der Waals surface area contributed by atoms with Crippen LogP contribution in [0.5, 0.6) is 11.5 Å². The largest absolute Gasteiger partial charge is 0.454 e. The Morgan fingerprint density at radius 3 is 2.96 bits per heavy atom. The van der Waals surface area contributed by atoms with Gasteiger partial charge in [-0.05, 0) is 43.8 Å². The lowest BCUT2D eigenvalue weighted by Gasteiger charge is -2.29. The minimum absolute atomic E-state index is 0.324. The lowest BCUT2D eigenvalue weighted by Crippen LogP contribution is -2.36. The van der Waals surface area contributed by atoms with Gasteiger partial charge in [0.05, 0.1) is 6.54 Å². The van der Waals surface area contributed by atoms with E-state index in [1.807, 2.05) is 18.5 Å². The van der Waals surface area contributed by atoms with E-state index >= 15 is 0 Å². The quantitative estimate of drug-likeness (QED) is 0.893. The Morgan fingerprint density at radius 2 is 2.15 bits per heavy atom. The van der Waals surface area contributed by atoms with E-state index in [-0.39, 0.29) is 0 Å². The van der Waals surface area contributed by atoms with Crippen molar-refractivity contribution in [2.75, 3.05) is 19.9 Å². The molecule has 1 N–H and O–H groups in total. The molecule has 1 aromatic carbocycles. The number of nitrogens with one attached hydrogen (secondary N) is 1. The Morgan fingerprint density at radius 1 is 1.27 bits per heavy atom. The van der Waals surface area contributed by atoms with Crippen molar-refractivity contribution in [3.8, 4) is 11.5 Å². The molecule has 6 nitrogen and oxygen atoms in total. The molecule has 1 aromatic heterocycles. The van der Waals surface area contributed by atoms with Gasteiger partial charge in [0.25, 0.3) is 0 Å². The number of aryl methyl sites for hydroxylation is 1. The van der Waals surface area contributed by atoms with Crippen molar-refractivity contribution < 1.29 is 9.47 Å². The van der Waals surface area contributed by atoms with Crippen LogP contribution in [0, 0.1) is 5.41 Å². The summed E-state index contributed by atoms with van der Waals surface area (Å²) in [6, 6.07) is 6.84. The highest BCUT2D eigenvalue weighted by Gasteiger charge is 2.56. The monoisotopic (exact) mass is 354 g/mol. The maximum Gasteiger partial charge on any atom is 0.231 e. The fraction of sp³-hybridized carbons (Fsp3) is 0.550. The van der Waals surface area contributed by atoms with E-state index in [9.17, 15) is 0 Å². The van der Waals surface area contributed by atoms with Crippen molar-refractivity contribution in [1.29, 1.82) is 0 Å². The number of hydrogen-bond donors (Lipinski definition) is 1. The van der Waals surface area contributed by atoms with Crippen LogP contribution in [-0.2, 0) is 20.1 Å². The zero-order chi connectivity index (χ0) is 17.6. The molecular weight excluding hydrogens is 328 g/mol. The number of ether oxygens (including phenoxy) is 2. The van der Waals surface area contributed by atoms with Gasteiger partial charge in [0.2, 0.25) is 6.79 Å². The Hall–Kier alpha value is -2.05. The van der Waals surface area contributed by atoms with Crippen LogP contribution in [0.2, 0.25) is 0 Å². The highest BCUT2D eigenvalue weighted by Crippen LogP contribution is 2.56. The summed E-state index contributed by atoms with van der Waals surface area (Å²) in [5, 5.41) is 3.51. The number of fused-ring (bicyclic) bond motifs is 1. The Kier molecular flexibility index (Phi) is 3.90. The van der Waals surface area contributed by atoms with Gasteiger partial charge < -0.3 is 19.4 Å². The van der Waals surface area contributed by atoms with Gasteiger partial charge in [-0.25, -0.2) is 4.98 Å². The van der Waals surface area contributed by atoms with Gasteiger partial charge in [-0.1, -0.05) is 12.1 Å². The zero-order valence-electron chi connectivity index (χ0n) is 15.3. The first-order valence-corrected chi connectivity index (χ1v) is 9.54. The molecule has 0 bridgehead atoms. The summed E-state index contributed by atoms with van der Waals surface area (Å²) in [5.74, 6) is 2.90. The molecule has 26 heavy (non-hydrogen) atoms. The molecule has 2 fully saturated rings. The van der Waals surface area contributed by atoms with Gasteiger partial charge in [0, 0.05) is 37.6 Å². The minimum Gasteiger partial charge on any atom is -0.454 e. The van der Waals surface area contributed by atoms with Crippen LogP contribution >= 0.6 is 0 Å². The number of aromatic nitrogens is 2. The van der Waals surface area contributed by atoms with Gasteiger partial charge in [-0.3, -0.25) is 4.90 Å². The molecule has 1 saturated heterocycles. The van der Waals surface area contributed by atoms with E-state index in [1.165, 1.54) is 24.8 Å². The molecule has 5 rings (SSSR count). The maximum absolute atomic E-state index is 5.75. The highest BCUT2D eigenvalue weighted by molar-refractivity contribution is 5.48. The maximum atomic E-state index is 5.75. The fourth-order valence-electron chi connectivity index (χ4n) is 4.65. The first kappa shape index (κ1) is 16.1. The van der Waals surface area contributed by atoms with Crippen LogP contribution in [-0.4, -0.2) is 40.4 Å². The first-order valence-electron chi connectivity index (χ1n) is 9.54. The number of nitrogens with zero attached hydrogens (tertiary/aromatic N) is 3. The molecule has 0 radical (unpaired) electrons. The smallest absolute Gasteiger partial charge is 0.231 e. The third-order valence-corrected chi connectivity index (χ3v) is 6.30. The normalized spacial score (nSPS) is 22.9. The Labute approximate surface area is 154 Å². The van der Waals surface area contributed by atoms with Crippen LogP contribution in [0.3, 0.4) is 0 Å². The Balaban J connectivity index is 1.41. The summed E-state index contributed by atoms with van der Waals surface area (Å²) < 4.78 is 13.4. The third-order valence-electron chi connectivity index (χ3n) is 6.30. The van der Waals surface area contributed by atoms with Gasteiger partial charge in [-0.15, -0.1) is 0 Å². The molecule has 3 aliphatic rings. The minimum atomic E-state index is 0.324. The lowest BCUT2D eigenvalue weighted by atomic mass is 9.93. The standard InChI is InChI=1S/C20H26N4O2/c1-23-10-9-22-18(23)13-24(17-11-20(17)5-7-21-8-6-20)12-15-3-2-4-16-19(15)26-14-25-16/h2-4,9-10,17,21H,5-8,11-14H2,1H3. The predicted molar refractivity (Wildman–Crippen MR) is 98.0 cm³/mol. The number of piperidine rings is 1. The topological polar surface area (TPSA) is 51.6 Å². The molecule has 6 heteroatoms. The van der Waals surface area contributed by atoms with Crippen molar-refractivity contribution in [3.63, 3.8) is 0 Å². The van der Waals surface area contributed by atoms with Gasteiger partial charge in [-0.2, -0.15) is 0 Å². The van der Waals surface area contributed by atoms with Gasteiger partial charge in [0.15, 0.2) is 11.5 Å². The van der Waals surface area contributed by atoms with Crippen LogP contribution in [0.4, 0.5) is 0 Å². The molecule has 0 amide bonds. The van der Waals surface area contributed by atoms with E-state index in [2.05, 4.69) is 38.9 Å². The summed E-state index contributed by atoms with van der Waals surface area (Å²) in [7, 11) is 2.07. The van der Waals surface area contributed by atoms with Crippen molar-refractivity contribution in [2.24, 2.45) is 12.5 Å². The van der Waals surface area contributed by atoms with Crippen LogP contribution in [0.1, 0.15) is 30.7 Å². The first-order chi connectivity index (χ1) is 12.8. The second-order valence-electron chi connectivity index (χ2n) is 7.84. The molecule has 138 valence electrons. The molecule has 1 atom stereocenters. The van der Waals surface area contributed by atoms with Crippen molar-refractivity contribution in [3.05, 3.63) is 42.0 Å². The average Bonchev–Trinajstić information content (AvgIpc) is 3.00. The SMILES string of the molecule is Cn1ccnc1CN(Cc1cccc2c1OCO2)C1CC12CCNCC2. The van der Waals surface area contributed by atoms with Crippen LogP contribution in [0.15, 0.2) is 30.6 Å². The summed E-state index contributed by atoms with van der Waals surface area (Å²) in [6.45, 7) is 4.35. The zero-order valence-corrected chi connectivity index (χ0v) is 15.3. The molecule has 2 aliphatic heterocycles. The number of benzene rings is 1. The van der Waals surface area contributed by atoms with E-state index in [0.717, 1.165) is 43.5 Å². The van der Waals surface area contributed by atoms with Crippen molar-refractivity contribution >= 4 is 0 Å². The second-order valence-corrected chi connectivity index (χ2v) is 7.84. The van der Waals surface area contributed by atoms with Crippen molar-refractivity contribution in [1.82, 2.24) is 19.8 Å². The number of imidazole rings is 1. The second kappa shape index (κ2) is 6.28. The molecule has 3 heterocycles.